The normalized spacial score (nSPS) is 15.9. The van der Waals surface area contributed by atoms with E-state index in [0.717, 1.165) is 31.2 Å². The van der Waals surface area contributed by atoms with E-state index in [4.69, 9.17) is 4.74 Å². The molecule has 1 aromatic carbocycles. The second kappa shape index (κ2) is 8.61. The molecule has 0 radical (unpaired) electrons. The second-order valence-electron chi connectivity index (χ2n) is 6.75. The van der Waals surface area contributed by atoms with Gasteiger partial charge >= 0.3 is 5.97 Å². The van der Waals surface area contributed by atoms with Crippen LogP contribution in [0, 0.1) is 6.92 Å². The maximum absolute atomic E-state index is 12.8. The van der Waals surface area contributed by atoms with Crippen LogP contribution < -0.4 is 5.32 Å². The van der Waals surface area contributed by atoms with E-state index in [1.807, 2.05) is 19.1 Å². The van der Waals surface area contributed by atoms with E-state index in [2.05, 4.69) is 10.3 Å². The smallest absolute Gasteiger partial charge is 0.339 e. The summed E-state index contributed by atoms with van der Waals surface area (Å²) in [6, 6.07) is 12.5. The van der Waals surface area contributed by atoms with E-state index in [1.54, 1.807) is 36.5 Å². The molecule has 0 bridgehead atoms. The molecule has 5 nitrogen and oxygen atoms in total. The van der Waals surface area contributed by atoms with E-state index in [-0.39, 0.29) is 11.9 Å². The Kier molecular flexibility index (Phi) is 6.00. The van der Waals surface area contributed by atoms with Gasteiger partial charge in [-0.1, -0.05) is 43.0 Å². The van der Waals surface area contributed by atoms with Crippen molar-refractivity contribution in [3.63, 3.8) is 0 Å². The lowest BCUT2D eigenvalue weighted by atomic mass is 9.95. The van der Waals surface area contributed by atoms with Crippen molar-refractivity contribution >= 4 is 11.9 Å². The molecule has 3 rings (SSSR count). The molecule has 1 saturated carbocycles. The Labute approximate surface area is 153 Å². The number of aromatic nitrogens is 1. The van der Waals surface area contributed by atoms with Crippen LogP contribution >= 0.6 is 0 Å². The number of rotatable bonds is 5. The highest BCUT2D eigenvalue weighted by molar-refractivity contribution is 5.92. The van der Waals surface area contributed by atoms with E-state index >= 15 is 0 Å². The molecule has 1 aromatic heterocycles. The number of nitrogens with one attached hydrogen (secondary N) is 1. The Bertz CT molecular complexity index is 738. The van der Waals surface area contributed by atoms with Crippen LogP contribution in [0.5, 0.6) is 0 Å². The van der Waals surface area contributed by atoms with Gasteiger partial charge in [0.1, 0.15) is 0 Å². The standard InChI is InChI=1S/C21H24N2O3/c1-15-10-12-16(13-11-15)21(25)26-19(18-9-5-6-14-22-18)20(24)23-17-7-3-2-4-8-17/h5-6,9-14,17,19H,2-4,7-8H2,1H3,(H,23,24). The Morgan fingerprint density at radius 1 is 1.08 bits per heavy atom. The van der Waals surface area contributed by atoms with Gasteiger partial charge in [0, 0.05) is 12.2 Å². The molecule has 1 aliphatic carbocycles. The number of benzene rings is 1. The molecular formula is C21H24N2O3. The summed E-state index contributed by atoms with van der Waals surface area (Å²) in [5.41, 5.74) is 1.90. The summed E-state index contributed by atoms with van der Waals surface area (Å²) in [7, 11) is 0. The van der Waals surface area contributed by atoms with Gasteiger partial charge in [0.05, 0.1) is 11.3 Å². The number of nitrogens with zero attached hydrogens (tertiary/aromatic N) is 1. The van der Waals surface area contributed by atoms with Crippen LogP contribution in [-0.4, -0.2) is 22.9 Å². The number of amides is 1. The van der Waals surface area contributed by atoms with Crippen molar-refractivity contribution in [2.45, 2.75) is 51.2 Å². The molecule has 1 N–H and O–H groups in total. The summed E-state index contributed by atoms with van der Waals surface area (Å²) in [6.07, 6.45) is 5.91. The van der Waals surface area contributed by atoms with Gasteiger partial charge in [0.15, 0.2) is 0 Å². The zero-order chi connectivity index (χ0) is 18.4. The minimum Gasteiger partial charge on any atom is -0.442 e. The van der Waals surface area contributed by atoms with Crippen molar-refractivity contribution in [2.75, 3.05) is 0 Å². The predicted molar refractivity (Wildman–Crippen MR) is 98.6 cm³/mol. The lowest BCUT2D eigenvalue weighted by Crippen LogP contribution is -2.40. The van der Waals surface area contributed by atoms with Gasteiger partial charge in [-0.2, -0.15) is 0 Å². The average molecular weight is 352 g/mol. The molecule has 5 heteroatoms. The number of esters is 1. The molecule has 1 atom stereocenters. The molecule has 0 saturated heterocycles. The van der Waals surface area contributed by atoms with Crippen LogP contribution in [0.4, 0.5) is 0 Å². The number of pyridine rings is 1. The van der Waals surface area contributed by atoms with Crippen LogP contribution in [0.2, 0.25) is 0 Å². The van der Waals surface area contributed by atoms with Gasteiger partial charge in [-0.3, -0.25) is 9.78 Å². The van der Waals surface area contributed by atoms with Gasteiger partial charge in [0.2, 0.25) is 6.10 Å². The number of carbonyl (C=O) groups is 2. The summed E-state index contributed by atoms with van der Waals surface area (Å²) in [6.45, 7) is 1.95. The van der Waals surface area contributed by atoms with Gasteiger partial charge in [-0.05, 0) is 44.0 Å². The summed E-state index contributed by atoms with van der Waals surface area (Å²) in [4.78, 5) is 29.5. The maximum atomic E-state index is 12.8. The Balaban J connectivity index is 1.75. The third-order valence-electron chi connectivity index (χ3n) is 4.66. The van der Waals surface area contributed by atoms with Crippen molar-refractivity contribution in [1.29, 1.82) is 0 Å². The van der Waals surface area contributed by atoms with Crippen LogP contribution in [0.25, 0.3) is 0 Å². The van der Waals surface area contributed by atoms with Crippen LogP contribution in [0.3, 0.4) is 0 Å². The molecule has 1 amide bonds. The number of ether oxygens (including phenoxy) is 1. The van der Waals surface area contributed by atoms with Crippen molar-refractivity contribution in [3.8, 4) is 0 Å². The Morgan fingerprint density at radius 2 is 1.81 bits per heavy atom. The molecular weight excluding hydrogens is 328 g/mol. The zero-order valence-corrected chi connectivity index (χ0v) is 15.0. The molecule has 2 aromatic rings. The fraction of sp³-hybridized carbons (Fsp3) is 0.381. The second-order valence-corrected chi connectivity index (χ2v) is 6.75. The Morgan fingerprint density at radius 3 is 2.46 bits per heavy atom. The monoisotopic (exact) mass is 352 g/mol. The fourth-order valence-corrected chi connectivity index (χ4v) is 3.17. The van der Waals surface area contributed by atoms with Crippen molar-refractivity contribution in [1.82, 2.24) is 10.3 Å². The van der Waals surface area contributed by atoms with E-state index in [1.165, 1.54) is 6.42 Å². The van der Waals surface area contributed by atoms with Gasteiger partial charge in [-0.15, -0.1) is 0 Å². The number of hydrogen-bond donors (Lipinski definition) is 1. The largest absolute Gasteiger partial charge is 0.442 e. The minimum atomic E-state index is -1.05. The SMILES string of the molecule is Cc1ccc(C(=O)OC(C(=O)NC2CCCCC2)c2ccccn2)cc1. The zero-order valence-electron chi connectivity index (χ0n) is 15.0. The third-order valence-corrected chi connectivity index (χ3v) is 4.66. The summed E-state index contributed by atoms with van der Waals surface area (Å²) in [5, 5.41) is 3.03. The van der Waals surface area contributed by atoms with Crippen LogP contribution in [0.15, 0.2) is 48.7 Å². The number of aryl methyl sites for hydroxylation is 1. The number of carbonyl (C=O) groups excluding carboxylic acids is 2. The first-order valence-electron chi connectivity index (χ1n) is 9.12. The highest BCUT2D eigenvalue weighted by atomic mass is 16.5. The molecule has 136 valence electrons. The average Bonchev–Trinajstić information content (AvgIpc) is 2.68. The lowest BCUT2D eigenvalue weighted by Gasteiger charge is -2.25. The first kappa shape index (κ1) is 18.1. The maximum Gasteiger partial charge on any atom is 0.339 e. The highest BCUT2D eigenvalue weighted by Gasteiger charge is 2.29. The molecule has 26 heavy (non-hydrogen) atoms. The molecule has 1 fully saturated rings. The number of hydrogen-bond acceptors (Lipinski definition) is 4. The summed E-state index contributed by atoms with van der Waals surface area (Å²) in [5.74, 6) is -0.837. The van der Waals surface area contributed by atoms with Crippen LogP contribution in [-0.2, 0) is 9.53 Å². The molecule has 0 spiro atoms. The van der Waals surface area contributed by atoms with Crippen LogP contribution in [0.1, 0.15) is 59.8 Å². The predicted octanol–water partition coefficient (Wildman–Crippen LogP) is 3.74. The minimum absolute atomic E-state index is 0.139. The molecule has 1 aliphatic rings. The van der Waals surface area contributed by atoms with Gasteiger partial charge < -0.3 is 10.1 Å². The first-order valence-corrected chi connectivity index (χ1v) is 9.12. The molecule has 0 aliphatic heterocycles. The molecule has 1 unspecified atom stereocenters. The van der Waals surface area contributed by atoms with Gasteiger partial charge in [-0.25, -0.2) is 4.79 Å². The van der Waals surface area contributed by atoms with E-state index in [9.17, 15) is 9.59 Å². The van der Waals surface area contributed by atoms with E-state index in [0.29, 0.717) is 11.3 Å². The fourth-order valence-electron chi connectivity index (χ4n) is 3.17. The lowest BCUT2D eigenvalue weighted by molar-refractivity contribution is -0.131. The quantitative estimate of drug-likeness (QED) is 0.833. The van der Waals surface area contributed by atoms with E-state index < -0.39 is 12.1 Å². The van der Waals surface area contributed by atoms with Crippen molar-refractivity contribution < 1.29 is 14.3 Å². The summed E-state index contributed by atoms with van der Waals surface area (Å²) < 4.78 is 5.55. The topological polar surface area (TPSA) is 68.3 Å². The van der Waals surface area contributed by atoms with Gasteiger partial charge in [0.25, 0.3) is 5.91 Å². The first-order chi connectivity index (χ1) is 12.6. The molecule has 1 heterocycles. The Hall–Kier alpha value is -2.69. The highest BCUT2D eigenvalue weighted by Crippen LogP contribution is 2.21. The van der Waals surface area contributed by atoms with Crippen molar-refractivity contribution in [2.24, 2.45) is 0 Å². The van der Waals surface area contributed by atoms with Crippen molar-refractivity contribution in [3.05, 3.63) is 65.5 Å². The summed E-state index contributed by atoms with van der Waals surface area (Å²) >= 11 is 0. The third kappa shape index (κ3) is 4.69.